The van der Waals surface area contributed by atoms with Gasteiger partial charge in [-0.25, -0.2) is 0 Å². The molecule has 1 N–H and O–H groups in total. The third-order valence-corrected chi connectivity index (χ3v) is 5.36. The lowest BCUT2D eigenvalue weighted by Gasteiger charge is -2.22. The molecule has 6 nitrogen and oxygen atoms in total. The number of halogens is 2. The van der Waals surface area contributed by atoms with E-state index < -0.39 is 5.92 Å². The summed E-state index contributed by atoms with van der Waals surface area (Å²) in [7, 11) is 0. The van der Waals surface area contributed by atoms with Crippen LogP contribution in [0, 0.1) is 5.92 Å². The monoisotopic (exact) mass is 406 g/mol. The van der Waals surface area contributed by atoms with Gasteiger partial charge in [-0.15, -0.1) is 0 Å². The summed E-state index contributed by atoms with van der Waals surface area (Å²) in [5.41, 5.74) is 1.11. The lowest BCUT2D eigenvalue weighted by atomic mass is 10.1. The molecule has 0 spiro atoms. The standard InChI is InChI=1S/C19H16Cl2N2O4/c20-13-2-1-3-14(18(13)21)22-19(25)11-8-17(24)23(10-11)12-4-5-15-16(9-12)27-7-6-26-15/h1-5,9,11H,6-8,10H2,(H,22,25)/t11-/m1/s1. The molecule has 8 heteroatoms. The van der Waals surface area contributed by atoms with E-state index in [4.69, 9.17) is 32.7 Å². The molecule has 2 aromatic carbocycles. The molecule has 2 amide bonds. The van der Waals surface area contributed by atoms with E-state index in [9.17, 15) is 9.59 Å². The Morgan fingerprint density at radius 1 is 1.11 bits per heavy atom. The number of anilines is 2. The predicted octanol–water partition coefficient (Wildman–Crippen LogP) is 3.76. The minimum atomic E-state index is -0.485. The van der Waals surface area contributed by atoms with Crippen LogP contribution in [0.15, 0.2) is 36.4 Å². The summed E-state index contributed by atoms with van der Waals surface area (Å²) in [6, 6.07) is 10.3. The number of hydrogen-bond donors (Lipinski definition) is 1. The van der Waals surface area contributed by atoms with Crippen LogP contribution in [-0.4, -0.2) is 31.6 Å². The van der Waals surface area contributed by atoms with Gasteiger partial charge in [0.1, 0.15) is 13.2 Å². The lowest BCUT2D eigenvalue weighted by molar-refractivity contribution is -0.122. The van der Waals surface area contributed by atoms with Crippen molar-refractivity contribution in [1.82, 2.24) is 0 Å². The molecular weight excluding hydrogens is 391 g/mol. The first kappa shape index (κ1) is 17.9. The first-order chi connectivity index (χ1) is 13.0. The molecule has 0 aliphatic carbocycles. The first-order valence-electron chi connectivity index (χ1n) is 8.48. The number of rotatable bonds is 3. The number of fused-ring (bicyclic) bond motifs is 1. The minimum absolute atomic E-state index is 0.121. The van der Waals surface area contributed by atoms with Crippen molar-refractivity contribution < 1.29 is 19.1 Å². The van der Waals surface area contributed by atoms with Crippen molar-refractivity contribution in [3.63, 3.8) is 0 Å². The van der Waals surface area contributed by atoms with E-state index in [1.165, 1.54) is 0 Å². The third-order valence-electron chi connectivity index (χ3n) is 4.54. The molecule has 140 valence electrons. The van der Waals surface area contributed by atoms with Gasteiger partial charge in [0.05, 0.1) is 21.7 Å². The lowest BCUT2D eigenvalue weighted by Crippen LogP contribution is -2.28. The van der Waals surface area contributed by atoms with Gasteiger partial charge in [-0.1, -0.05) is 29.3 Å². The summed E-state index contributed by atoms with van der Waals surface area (Å²) in [5.74, 6) is 0.379. The van der Waals surface area contributed by atoms with E-state index in [0.29, 0.717) is 41.1 Å². The summed E-state index contributed by atoms with van der Waals surface area (Å²) < 4.78 is 11.1. The molecule has 2 aromatic rings. The van der Waals surface area contributed by atoms with Crippen molar-refractivity contribution in [3.8, 4) is 11.5 Å². The Bertz CT molecular complexity index is 919. The van der Waals surface area contributed by atoms with Crippen LogP contribution in [0.1, 0.15) is 6.42 Å². The average Bonchev–Trinajstić information content (AvgIpc) is 3.07. The van der Waals surface area contributed by atoms with Gasteiger partial charge in [-0.2, -0.15) is 0 Å². The van der Waals surface area contributed by atoms with Gasteiger partial charge in [-0.3, -0.25) is 9.59 Å². The van der Waals surface area contributed by atoms with Crippen molar-refractivity contribution in [2.45, 2.75) is 6.42 Å². The molecule has 2 aliphatic rings. The number of amides is 2. The van der Waals surface area contributed by atoms with Crippen LogP contribution in [-0.2, 0) is 9.59 Å². The Morgan fingerprint density at radius 3 is 2.70 bits per heavy atom. The summed E-state index contributed by atoms with van der Waals surface area (Å²) >= 11 is 12.1. The van der Waals surface area contributed by atoms with Crippen LogP contribution >= 0.6 is 23.2 Å². The van der Waals surface area contributed by atoms with Gasteiger partial charge in [0, 0.05) is 24.7 Å². The number of carbonyl (C=O) groups is 2. The number of ether oxygens (including phenoxy) is 2. The minimum Gasteiger partial charge on any atom is -0.486 e. The number of nitrogens with zero attached hydrogens (tertiary/aromatic N) is 1. The van der Waals surface area contributed by atoms with E-state index in [-0.39, 0.29) is 29.8 Å². The Kier molecular flexibility index (Phi) is 4.85. The van der Waals surface area contributed by atoms with E-state index in [1.807, 2.05) is 0 Å². The molecule has 2 aliphatic heterocycles. The van der Waals surface area contributed by atoms with Crippen molar-refractivity contribution >= 4 is 46.4 Å². The van der Waals surface area contributed by atoms with Crippen molar-refractivity contribution in [2.24, 2.45) is 5.92 Å². The molecular formula is C19H16Cl2N2O4. The van der Waals surface area contributed by atoms with Gasteiger partial charge in [-0.05, 0) is 24.3 Å². The van der Waals surface area contributed by atoms with Gasteiger partial charge in [0.15, 0.2) is 11.5 Å². The maximum absolute atomic E-state index is 12.6. The molecule has 0 aromatic heterocycles. The van der Waals surface area contributed by atoms with Crippen molar-refractivity contribution in [3.05, 3.63) is 46.4 Å². The molecule has 0 saturated carbocycles. The topological polar surface area (TPSA) is 67.9 Å². The third kappa shape index (κ3) is 3.55. The van der Waals surface area contributed by atoms with Gasteiger partial charge in [0.25, 0.3) is 0 Å². The SMILES string of the molecule is O=C(Nc1cccc(Cl)c1Cl)[C@@H]1CC(=O)N(c2ccc3c(c2)OCCO3)C1. The maximum Gasteiger partial charge on any atom is 0.229 e. The van der Waals surface area contributed by atoms with E-state index in [1.54, 1.807) is 41.3 Å². The van der Waals surface area contributed by atoms with Crippen molar-refractivity contribution in [2.75, 3.05) is 30.0 Å². The molecule has 0 bridgehead atoms. The highest BCUT2D eigenvalue weighted by atomic mass is 35.5. The zero-order valence-electron chi connectivity index (χ0n) is 14.2. The number of nitrogens with one attached hydrogen (secondary N) is 1. The average molecular weight is 407 g/mol. The van der Waals surface area contributed by atoms with Crippen LogP contribution < -0.4 is 19.7 Å². The first-order valence-corrected chi connectivity index (χ1v) is 9.23. The summed E-state index contributed by atoms with van der Waals surface area (Å²) in [6.45, 7) is 1.25. The van der Waals surface area contributed by atoms with Crippen LogP contribution in [0.4, 0.5) is 11.4 Å². The Hall–Kier alpha value is -2.44. The summed E-state index contributed by atoms with van der Waals surface area (Å²) in [6.07, 6.45) is 0.123. The van der Waals surface area contributed by atoms with Gasteiger partial charge < -0.3 is 19.7 Å². The highest BCUT2D eigenvalue weighted by molar-refractivity contribution is 6.44. The number of benzene rings is 2. The van der Waals surface area contributed by atoms with E-state index in [0.717, 1.165) is 0 Å². The predicted molar refractivity (Wildman–Crippen MR) is 103 cm³/mol. The molecule has 0 unspecified atom stereocenters. The Balaban J connectivity index is 1.49. The largest absolute Gasteiger partial charge is 0.486 e. The van der Waals surface area contributed by atoms with Crippen LogP contribution in [0.5, 0.6) is 11.5 Å². The van der Waals surface area contributed by atoms with Crippen LogP contribution in [0.2, 0.25) is 10.0 Å². The second-order valence-electron chi connectivity index (χ2n) is 6.32. The molecule has 0 radical (unpaired) electrons. The molecule has 2 heterocycles. The quantitative estimate of drug-likeness (QED) is 0.842. The fourth-order valence-electron chi connectivity index (χ4n) is 3.17. The van der Waals surface area contributed by atoms with Gasteiger partial charge >= 0.3 is 0 Å². The molecule has 1 atom stereocenters. The summed E-state index contributed by atoms with van der Waals surface area (Å²) in [5, 5.41) is 3.39. The maximum atomic E-state index is 12.6. The normalized spacial score (nSPS) is 18.5. The Morgan fingerprint density at radius 2 is 1.89 bits per heavy atom. The fraction of sp³-hybridized carbons (Fsp3) is 0.263. The zero-order valence-corrected chi connectivity index (χ0v) is 15.7. The van der Waals surface area contributed by atoms with Crippen LogP contribution in [0.25, 0.3) is 0 Å². The smallest absolute Gasteiger partial charge is 0.229 e. The number of hydrogen-bond acceptors (Lipinski definition) is 4. The zero-order chi connectivity index (χ0) is 19.0. The fourth-order valence-corrected chi connectivity index (χ4v) is 3.52. The van der Waals surface area contributed by atoms with Gasteiger partial charge in [0.2, 0.25) is 11.8 Å². The van der Waals surface area contributed by atoms with E-state index in [2.05, 4.69) is 5.32 Å². The highest BCUT2D eigenvalue weighted by Crippen LogP contribution is 2.36. The van der Waals surface area contributed by atoms with Crippen molar-refractivity contribution in [1.29, 1.82) is 0 Å². The molecule has 1 fully saturated rings. The summed E-state index contributed by atoms with van der Waals surface area (Å²) in [4.78, 5) is 26.6. The second kappa shape index (κ2) is 7.29. The molecule has 1 saturated heterocycles. The molecule has 27 heavy (non-hydrogen) atoms. The van der Waals surface area contributed by atoms with Crippen LogP contribution in [0.3, 0.4) is 0 Å². The second-order valence-corrected chi connectivity index (χ2v) is 7.11. The Labute approximate surface area is 165 Å². The number of carbonyl (C=O) groups excluding carboxylic acids is 2. The highest BCUT2D eigenvalue weighted by Gasteiger charge is 2.35. The molecule has 4 rings (SSSR count). The van der Waals surface area contributed by atoms with E-state index >= 15 is 0 Å².